The van der Waals surface area contributed by atoms with Crippen molar-refractivity contribution in [3.8, 4) is 5.75 Å². The van der Waals surface area contributed by atoms with Gasteiger partial charge in [0.15, 0.2) is 0 Å². The minimum absolute atomic E-state index is 0.00935. The summed E-state index contributed by atoms with van der Waals surface area (Å²) in [5.41, 5.74) is 4.79. The van der Waals surface area contributed by atoms with Gasteiger partial charge in [-0.25, -0.2) is 5.01 Å². The van der Waals surface area contributed by atoms with Crippen LogP contribution in [-0.2, 0) is 9.59 Å². The van der Waals surface area contributed by atoms with Crippen molar-refractivity contribution in [3.63, 3.8) is 0 Å². The Kier molecular flexibility index (Phi) is 7.47. The SMILES string of the molecule is CCN(CC)CCNC(=O)CN1NC(c2ccc(OC)cc2)=CCC1=O. The predicted molar refractivity (Wildman–Crippen MR) is 101 cm³/mol. The Morgan fingerprint density at radius 3 is 2.58 bits per heavy atom. The van der Waals surface area contributed by atoms with Gasteiger partial charge in [-0.3, -0.25) is 15.0 Å². The van der Waals surface area contributed by atoms with Crippen LogP contribution in [-0.4, -0.2) is 61.6 Å². The van der Waals surface area contributed by atoms with Crippen molar-refractivity contribution in [1.82, 2.24) is 20.7 Å². The summed E-state index contributed by atoms with van der Waals surface area (Å²) in [6.07, 6.45) is 2.10. The van der Waals surface area contributed by atoms with Crippen LogP contribution < -0.4 is 15.5 Å². The van der Waals surface area contributed by atoms with E-state index in [1.54, 1.807) is 7.11 Å². The van der Waals surface area contributed by atoms with Gasteiger partial charge < -0.3 is 15.0 Å². The van der Waals surface area contributed by atoms with Gasteiger partial charge in [0.1, 0.15) is 12.3 Å². The standard InChI is InChI=1S/C19H28N4O3/c1-4-22(5-2)13-12-20-18(24)14-23-19(25)11-10-17(21-23)15-6-8-16(26-3)9-7-15/h6-10,21H,4-5,11-14H2,1-3H3,(H,20,24). The maximum absolute atomic E-state index is 12.1. The summed E-state index contributed by atoms with van der Waals surface area (Å²) < 4.78 is 5.16. The number of hydrogen-bond donors (Lipinski definition) is 2. The Bertz CT molecular complexity index is 639. The zero-order valence-corrected chi connectivity index (χ0v) is 15.7. The molecule has 0 unspecified atom stereocenters. The summed E-state index contributed by atoms with van der Waals surface area (Å²) in [5.74, 6) is 0.473. The second-order valence-electron chi connectivity index (χ2n) is 6.02. The number of carbonyl (C=O) groups excluding carboxylic acids is 2. The fourth-order valence-corrected chi connectivity index (χ4v) is 2.73. The topological polar surface area (TPSA) is 73.9 Å². The Morgan fingerprint density at radius 1 is 1.27 bits per heavy atom. The zero-order valence-electron chi connectivity index (χ0n) is 15.7. The number of ether oxygens (including phenoxy) is 1. The Balaban J connectivity index is 1.88. The number of likely N-dealkylation sites (N-methyl/N-ethyl adjacent to an activating group) is 1. The van der Waals surface area contributed by atoms with Crippen LogP contribution in [0.15, 0.2) is 30.3 Å². The lowest BCUT2D eigenvalue weighted by atomic mass is 10.1. The Morgan fingerprint density at radius 2 is 1.96 bits per heavy atom. The van der Waals surface area contributed by atoms with Crippen LogP contribution in [0.25, 0.3) is 5.70 Å². The first-order valence-corrected chi connectivity index (χ1v) is 8.98. The highest BCUT2D eigenvalue weighted by atomic mass is 16.5. The molecule has 0 aliphatic carbocycles. The first kappa shape index (κ1) is 19.8. The van der Waals surface area contributed by atoms with Crippen molar-refractivity contribution in [2.24, 2.45) is 0 Å². The number of carbonyl (C=O) groups is 2. The second kappa shape index (κ2) is 9.82. The van der Waals surface area contributed by atoms with E-state index in [4.69, 9.17) is 4.74 Å². The van der Waals surface area contributed by atoms with E-state index in [0.29, 0.717) is 6.54 Å². The summed E-state index contributed by atoms with van der Waals surface area (Å²) in [7, 11) is 1.62. The molecule has 0 saturated heterocycles. The molecule has 1 aliphatic heterocycles. The van der Waals surface area contributed by atoms with Crippen LogP contribution in [0.4, 0.5) is 0 Å². The van der Waals surface area contributed by atoms with Gasteiger partial charge in [-0.1, -0.05) is 13.8 Å². The van der Waals surface area contributed by atoms with E-state index < -0.39 is 0 Å². The lowest BCUT2D eigenvalue weighted by Crippen LogP contribution is -2.50. The first-order valence-electron chi connectivity index (χ1n) is 8.98. The minimum Gasteiger partial charge on any atom is -0.497 e. The van der Waals surface area contributed by atoms with Crippen LogP contribution >= 0.6 is 0 Å². The fraction of sp³-hybridized carbons (Fsp3) is 0.474. The summed E-state index contributed by atoms with van der Waals surface area (Å²) in [5, 5.41) is 4.24. The van der Waals surface area contributed by atoms with E-state index in [1.807, 2.05) is 30.3 Å². The third-order valence-corrected chi connectivity index (χ3v) is 4.38. The van der Waals surface area contributed by atoms with E-state index >= 15 is 0 Å². The fourth-order valence-electron chi connectivity index (χ4n) is 2.73. The van der Waals surface area contributed by atoms with Gasteiger partial charge in [0.05, 0.1) is 12.8 Å². The molecule has 1 heterocycles. The van der Waals surface area contributed by atoms with Gasteiger partial charge >= 0.3 is 0 Å². The van der Waals surface area contributed by atoms with Crippen molar-refractivity contribution >= 4 is 17.5 Å². The molecule has 1 aliphatic rings. The molecular formula is C19H28N4O3. The third-order valence-electron chi connectivity index (χ3n) is 4.38. The third kappa shape index (κ3) is 5.49. The predicted octanol–water partition coefficient (Wildman–Crippen LogP) is 1.23. The van der Waals surface area contributed by atoms with E-state index in [2.05, 4.69) is 29.5 Å². The van der Waals surface area contributed by atoms with E-state index in [0.717, 1.165) is 36.6 Å². The van der Waals surface area contributed by atoms with Crippen LogP contribution in [0, 0.1) is 0 Å². The largest absolute Gasteiger partial charge is 0.497 e. The molecule has 2 rings (SSSR count). The highest BCUT2D eigenvalue weighted by Crippen LogP contribution is 2.20. The van der Waals surface area contributed by atoms with Crippen molar-refractivity contribution in [2.75, 3.05) is 39.8 Å². The van der Waals surface area contributed by atoms with Crippen molar-refractivity contribution in [2.45, 2.75) is 20.3 Å². The molecule has 2 amide bonds. The smallest absolute Gasteiger partial charge is 0.245 e. The van der Waals surface area contributed by atoms with Gasteiger partial charge in [0, 0.05) is 19.5 Å². The monoisotopic (exact) mass is 360 g/mol. The number of nitrogens with one attached hydrogen (secondary N) is 2. The van der Waals surface area contributed by atoms with Crippen LogP contribution in [0.3, 0.4) is 0 Å². The van der Waals surface area contributed by atoms with Crippen molar-refractivity contribution in [1.29, 1.82) is 0 Å². The number of rotatable bonds is 9. The molecule has 0 bridgehead atoms. The minimum atomic E-state index is -0.172. The number of benzene rings is 1. The molecule has 142 valence electrons. The van der Waals surface area contributed by atoms with E-state index in [9.17, 15) is 9.59 Å². The molecule has 0 spiro atoms. The molecule has 2 N–H and O–H groups in total. The molecular weight excluding hydrogens is 332 g/mol. The van der Waals surface area contributed by atoms with Gasteiger partial charge in [-0.15, -0.1) is 0 Å². The molecule has 0 radical (unpaired) electrons. The van der Waals surface area contributed by atoms with E-state index in [1.165, 1.54) is 5.01 Å². The highest BCUT2D eigenvalue weighted by Gasteiger charge is 2.22. The maximum atomic E-state index is 12.1. The summed E-state index contributed by atoms with van der Waals surface area (Å²) >= 11 is 0. The molecule has 0 fully saturated rings. The Labute approximate surface area is 155 Å². The van der Waals surface area contributed by atoms with Crippen LogP contribution in [0.1, 0.15) is 25.8 Å². The molecule has 0 aromatic heterocycles. The summed E-state index contributed by atoms with van der Waals surface area (Å²) in [6.45, 7) is 7.46. The molecule has 7 nitrogen and oxygen atoms in total. The van der Waals surface area contributed by atoms with Gasteiger partial charge in [0.2, 0.25) is 11.8 Å². The van der Waals surface area contributed by atoms with Crippen LogP contribution in [0.2, 0.25) is 0 Å². The second-order valence-corrected chi connectivity index (χ2v) is 6.02. The zero-order chi connectivity index (χ0) is 18.9. The number of amides is 2. The number of nitrogens with zero attached hydrogens (tertiary/aromatic N) is 2. The van der Waals surface area contributed by atoms with Gasteiger partial charge in [-0.2, -0.15) is 0 Å². The van der Waals surface area contributed by atoms with Gasteiger partial charge in [-0.05, 0) is 49.0 Å². The number of hydrazine groups is 1. The first-order chi connectivity index (χ1) is 12.6. The molecule has 26 heavy (non-hydrogen) atoms. The van der Waals surface area contributed by atoms with E-state index in [-0.39, 0.29) is 24.8 Å². The van der Waals surface area contributed by atoms with Crippen LogP contribution in [0.5, 0.6) is 5.75 Å². The molecule has 0 saturated carbocycles. The summed E-state index contributed by atoms with van der Waals surface area (Å²) in [4.78, 5) is 26.5. The normalized spacial score (nSPS) is 14.1. The highest BCUT2D eigenvalue weighted by molar-refractivity contribution is 5.88. The Hall–Kier alpha value is -2.54. The molecule has 1 aromatic carbocycles. The lowest BCUT2D eigenvalue weighted by molar-refractivity contribution is -0.137. The average molecular weight is 360 g/mol. The maximum Gasteiger partial charge on any atom is 0.245 e. The number of methoxy groups -OCH3 is 1. The molecule has 7 heteroatoms. The van der Waals surface area contributed by atoms with Crippen molar-refractivity contribution in [3.05, 3.63) is 35.9 Å². The number of hydrogen-bond acceptors (Lipinski definition) is 5. The molecule has 1 aromatic rings. The average Bonchev–Trinajstić information content (AvgIpc) is 2.67. The van der Waals surface area contributed by atoms with Gasteiger partial charge in [0.25, 0.3) is 0 Å². The summed E-state index contributed by atoms with van der Waals surface area (Å²) in [6, 6.07) is 7.54. The molecule has 0 atom stereocenters. The quantitative estimate of drug-likeness (QED) is 0.693. The lowest BCUT2D eigenvalue weighted by Gasteiger charge is -2.29. The van der Waals surface area contributed by atoms with Crippen molar-refractivity contribution < 1.29 is 14.3 Å².